The average Bonchev–Trinajstić information content (AvgIpc) is 2.61. The van der Waals surface area contributed by atoms with Crippen LogP contribution in [0.25, 0.3) is 0 Å². The second-order valence-electron chi connectivity index (χ2n) is 3.81. The van der Waals surface area contributed by atoms with Crippen LogP contribution in [0, 0.1) is 5.92 Å². The molecule has 1 aliphatic rings. The molecule has 86 valence electrons. The predicted octanol–water partition coefficient (Wildman–Crippen LogP) is -0.763. The Labute approximate surface area is 90.0 Å². The third-order valence-corrected chi connectivity index (χ3v) is 2.66. The summed E-state index contributed by atoms with van der Waals surface area (Å²) in [5.74, 6) is -0.164. The monoisotopic (exact) mass is 213 g/mol. The molecule has 0 aromatic carbocycles. The fraction of sp³-hybridized carbons (Fsp3) is 0.800. The molecule has 1 saturated heterocycles. The van der Waals surface area contributed by atoms with E-state index in [9.17, 15) is 9.59 Å². The van der Waals surface area contributed by atoms with Crippen LogP contribution < -0.4 is 16.0 Å². The van der Waals surface area contributed by atoms with Gasteiger partial charge in [-0.25, -0.2) is 0 Å². The van der Waals surface area contributed by atoms with Crippen molar-refractivity contribution in [1.29, 1.82) is 0 Å². The highest BCUT2D eigenvalue weighted by atomic mass is 16.2. The third kappa shape index (κ3) is 3.51. The molecule has 5 heteroatoms. The van der Waals surface area contributed by atoms with Crippen molar-refractivity contribution in [3.63, 3.8) is 0 Å². The molecular formula is C10H19N3O2. The minimum atomic E-state index is -0.135. The minimum absolute atomic E-state index is 0.000531. The van der Waals surface area contributed by atoms with Crippen LogP contribution in [0.3, 0.4) is 0 Å². The van der Waals surface area contributed by atoms with Crippen molar-refractivity contribution < 1.29 is 9.59 Å². The highest BCUT2D eigenvalue weighted by Gasteiger charge is 2.29. The molecule has 0 radical (unpaired) electrons. The van der Waals surface area contributed by atoms with Crippen molar-refractivity contribution >= 4 is 11.8 Å². The van der Waals surface area contributed by atoms with Crippen molar-refractivity contribution in [2.75, 3.05) is 19.6 Å². The SMILES string of the molecule is CCNC(=O)CNC(=O)C1CCNC1C. The van der Waals surface area contributed by atoms with Crippen molar-refractivity contribution in [3.8, 4) is 0 Å². The van der Waals surface area contributed by atoms with Gasteiger partial charge in [-0.2, -0.15) is 0 Å². The maximum Gasteiger partial charge on any atom is 0.239 e. The molecule has 3 N–H and O–H groups in total. The van der Waals surface area contributed by atoms with Crippen LogP contribution in [-0.4, -0.2) is 37.5 Å². The molecule has 2 atom stereocenters. The maximum atomic E-state index is 11.6. The fourth-order valence-electron chi connectivity index (χ4n) is 1.78. The van der Waals surface area contributed by atoms with Gasteiger partial charge in [-0.1, -0.05) is 0 Å². The molecule has 1 fully saturated rings. The number of amides is 2. The Hall–Kier alpha value is -1.10. The van der Waals surface area contributed by atoms with Gasteiger partial charge >= 0.3 is 0 Å². The first-order valence-electron chi connectivity index (χ1n) is 5.43. The van der Waals surface area contributed by atoms with Gasteiger partial charge in [0.25, 0.3) is 0 Å². The zero-order chi connectivity index (χ0) is 11.3. The van der Waals surface area contributed by atoms with Crippen LogP contribution in [0.15, 0.2) is 0 Å². The number of carbonyl (C=O) groups excluding carboxylic acids is 2. The summed E-state index contributed by atoms with van der Waals surface area (Å²) in [5.41, 5.74) is 0. The number of nitrogens with one attached hydrogen (secondary N) is 3. The van der Waals surface area contributed by atoms with E-state index in [4.69, 9.17) is 0 Å². The Morgan fingerprint density at radius 2 is 2.13 bits per heavy atom. The second-order valence-corrected chi connectivity index (χ2v) is 3.81. The molecule has 0 aliphatic carbocycles. The Kier molecular flexibility index (Phi) is 4.55. The Morgan fingerprint density at radius 1 is 1.40 bits per heavy atom. The molecule has 1 heterocycles. The Morgan fingerprint density at radius 3 is 2.67 bits per heavy atom. The van der Waals surface area contributed by atoms with Gasteiger partial charge in [0.05, 0.1) is 12.5 Å². The number of rotatable bonds is 4. The lowest BCUT2D eigenvalue weighted by Gasteiger charge is -2.14. The van der Waals surface area contributed by atoms with Gasteiger partial charge in [0.2, 0.25) is 11.8 Å². The number of likely N-dealkylation sites (N-methyl/N-ethyl adjacent to an activating group) is 1. The molecular weight excluding hydrogens is 194 g/mol. The van der Waals surface area contributed by atoms with E-state index in [1.165, 1.54) is 0 Å². The van der Waals surface area contributed by atoms with Gasteiger partial charge in [-0.3, -0.25) is 9.59 Å². The van der Waals surface area contributed by atoms with Gasteiger partial charge in [0, 0.05) is 12.6 Å². The molecule has 0 bridgehead atoms. The molecule has 2 amide bonds. The smallest absolute Gasteiger partial charge is 0.239 e. The molecule has 1 aliphatic heterocycles. The summed E-state index contributed by atoms with van der Waals surface area (Å²) in [5, 5.41) is 8.48. The first-order chi connectivity index (χ1) is 7.15. The molecule has 0 saturated carbocycles. The normalized spacial score (nSPS) is 24.9. The lowest BCUT2D eigenvalue weighted by Crippen LogP contribution is -2.42. The highest BCUT2D eigenvalue weighted by molar-refractivity contribution is 5.86. The van der Waals surface area contributed by atoms with Gasteiger partial charge < -0.3 is 16.0 Å². The summed E-state index contributed by atoms with van der Waals surface area (Å²) in [4.78, 5) is 22.7. The fourth-order valence-corrected chi connectivity index (χ4v) is 1.78. The molecule has 5 nitrogen and oxygen atoms in total. The lowest BCUT2D eigenvalue weighted by atomic mass is 10.0. The maximum absolute atomic E-state index is 11.6. The van der Waals surface area contributed by atoms with Gasteiger partial charge in [0.1, 0.15) is 0 Å². The first-order valence-corrected chi connectivity index (χ1v) is 5.43. The van der Waals surface area contributed by atoms with Crippen molar-refractivity contribution in [2.24, 2.45) is 5.92 Å². The number of hydrogen-bond donors (Lipinski definition) is 3. The van der Waals surface area contributed by atoms with Gasteiger partial charge in [0.15, 0.2) is 0 Å². The van der Waals surface area contributed by atoms with Crippen molar-refractivity contribution in [2.45, 2.75) is 26.3 Å². The number of carbonyl (C=O) groups is 2. The van der Waals surface area contributed by atoms with E-state index < -0.39 is 0 Å². The highest BCUT2D eigenvalue weighted by Crippen LogP contribution is 2.14. The van der Waals surface area contributed by atoms with Crippen LogP contribution in [0.5, 0.6) is 0 Å². The van der Waals surface area contributed by atoms with E-state index in [0.29, 0.717) is 6.54 Å². The molecule has 1 rings (SSSR count). The first kappa shape index (κ1) is 12.0. The lowest BCUT2D eigenvalue weighted by molar-refractivity contribution is -0.128. The van der Waals surface area contributed by atoms with Crippen molar-refractivity contribution in [3.05, 3.63) is 0 Å². The van der Waals surface area contributed by atoms with Crippen LogP contribution in [0.2, 0.25) is 0 Å². The third-order valence-electron chi connectivity index (χ3n) is 2.66. The van der Waals surface area contributed by atoms with Gasteiger partial charge in [-0.05, 0) is 26.8 Å². The topological polar surface area (TPSA) is 70.2 Å². The summed E-state index contributed by atoms with van der Waals surface area (Å²) in [6.07, 6.45) is 0.850. The predicted molar refractivity (Wildman–Crippen MR) is 57.3 cm³/mol. The summed E-state index contributed by atoms with van der Waals surface area (Å²) < 4.78 is 0. The molecule has 15 heavy (non-hydrogen) atoms. The summed E-state index contributed by atoms with van der Waals surface area (Å²) >= 11 is 0. The standard InChI is InChI=1S/C10H19N3O2/c1-3-11-9(14)6-13-10(15)8-4-5-12-7(8)2/h7-8,12H,3-6H2,1-2H3,(H,11,14)(H,13,15). The zero-order valence-corrected chi connectivity index (χ0v) is 9.30. The molecule has 2 unspecified atom stereocenters. The van der Waals surface area contributed by atoms with Crippen LogP contribution in [0.4, 0.5) is 0 Å². The van der Waals surface area contributed by atoms with E-state index in [1.54, 1.807) is 0 Å². The summed E-state index contributed by atoms with van der Waals surface area (Å²) in [6.45, 7) is 5.39. The largest absolute Gasteiger partial charge is 0.355 e. The average molecular weight is 213 g/mol. The van der Waals surface area contributed by atoms with Crippen LogP contribution in [0.1, 0.15) is 20.3 Å². The quantitative estimate of drug-likeness (QED) is 0.575. The van der Waals surface area contributed by atoms with Gasteiger partial charge in [-0.15, -0.1) is 0 Å². The second kappa shape index (κ2) is 5.70. The Balaban J connectivity index is 2.26. The van der Waals surface area contributed by atoms with Crippen molar-refractivity contribution in [1.82, 2.24) is 16.0 Å². The summed E-state index contributed by atoms with van der Waals surface area (Å²) in [6, 6.07) is 0.208. The zero-order valence-electron chi connectivity index (χ0n) is 9.30. The van der Waals surface area contributed by atoms with E-state index in [-0.39, 0.29) is 30.3 Å². The van der Waals surface area contributed by atoms with E-state index >= 15 is 0 Å². The minimum Gasteiger partial charge on any atom is -0.355 e. The molecule has 0 spiro atoms. The van der Waals surface area contributed by atoms with E-state index in [0.717, 1.165) is 13.0 Å². The molecule has 0 aromatic heterocycles. The Bertz CT molecular complexity index is 243. The van der Waals surface area contributed by atoms with Crippen LogP contribution in [-0.2, 0) is 9.59 Å². The van der Waals surface area contributed by atoms with Crippen LogP contribution >= 0.6 is 0 Å². The summed E-state index contributed by atoms with van der Waals surface area (Å²) in [7, 11) is 0. The number of hydrogen-bond acceptors (Lipinski definition) is 3. The molecule has 0 aromatic rings. The van der Waals surface area contributed by atoms with E-state index in [2.05, 4.69) is 16.0 Å². The van der Waals surface area contributed by atoms with E-state index in [1.807, 2.05) is 13.8 Å².